The number of hydrogen-bond acceptors (Lipinski definition) is 3. The van der Waals surface area contributed by atoms with Gasteiger partial charge in [-0.25, -0.2) is 4.68 Å². The Kier molecular flexibility index (Phi) is 4.11. The second-order valence-corrected chi connectivity index (χ2v) is 6.37. The van der Waals surface area contributed by atoms with Crippen molar-refractivity contribution in [3.05, 3.63) is 41.2 Å². The van der Waals surface area contributed by atoms with Gasteiger partial charge < -0.3 is 5.11 Å². The predicted molar refractivity (Wildman–Crippen MR) is 81.6 cm³/mol. The number of thioether (sulfide) groups is 1. The molecule has 0 unspecified atom stereocenters. The molecule has 0 atom stereocenters. The molecular weight excluding hydrogens is 280 g/mol. The molecule has 0 radical (unpaired) electrons. The monoisotopic (exact) mass is 296 g/mol. The minimum absolute atomic E-state index is 0.0331. The third-order valence-corrected chi connectivity index (χ3v) is 4.30. The maximum absolute atomic E-state index is 9.43. The molecule has 0 aliphatic heterocycles. The van der Waals surface area contributed by atoms with E-state index in [9.17, 15) is 5.11 Å². The molecule has 1 N–H and O–H groups in total. The number of halogens is 1. The maximum atomic E-state index is 9.43. The van der Waals surface area contributed by atoms with Gasteiger partial charge in [0.2, 0.25) is 0 Å². The van der Waals surface area contributed by atoms with Crippen LogP contribution in [-0.2, 0) is 5.41 Å². The first-order valence-corrected chi connectivity index (χ1v) is 7.75. The summed E-state index contributed by atoms with van der Waals surface area (Å²) in [6.45, 7) is 4.36. The Hall–Kier alpha value is -1.13. The first-order chi connectivity index (χ1) is 8.94. The summed E-state index contributed by atoms with van der Waals surface area (Å²) in [7, 11) is 0. The van der Waals surface area contributed by atoms with Crippen molar-refractivity contribution in [2.45, 2.75) is 19.3 Å². The fourth-order valence-corrected chi connectivity index (χ4v) is 2.95. The molecule has 102 valence electrons. The first-order valence-electron chi connectivity index (χ1n) is 5.98. The van der Waals surface area contributed by atoms with Gasteiger partial charge in [0.1, 0.15) is 5.75 Å². The van der Waals surface area contributed by atoms with Crippen molar-refractivity contribution in [3.63, 3.8) is 0 Å². The SMILES string of the molecule is CSCC(C)(C)c1ccn(-c2ccc(O)c(Cl)c2)n1. The van der Waals surface area contributed by atoms with Crippen LogP contribution in [0.3, 0.4) is 0 Å². The Labute approximate surface area is 122 Å². The number of phenolic OH excluding ortho intramolecular Hbond substituents is 1. The van der Waals surface area contributed by atoms with Gasteiger partial charge in [-0.15, -0.1) is 0 Å². The zero-order valence-electron chi connectivity index (χ0n) is 11.2. The molecule has 0 aliphatic carbocycles. The van der Waals surface area contributed by atoms with E-state index < -0.39 is 0 Å². The van der Waals surface area contributed by atoms with Crippen LogP contribution in [0.1, 0.15) is 19.5 Å². The first kappa shape index (κ1) is 14.3. The minimum Gasteiger partial charge on any atom is -0.506 e. The predicted octanol–water partition coefficient (Wildman–Crippen LogP) is 3.87. The van der Waals surface area contributed by atoms with Gasteiger partial charge >= 0.3 is 0 Å². The Bertz CT molecular complexity index is 581. The van der Waals surface area contributed by atoms with Crippen LogP contribution in [0.4, 0.5) is 0 Å². The molecule has 1 aromatic heterocycles. The zero-order chi connectivity index (χ0) is 14.0. The zero-order valence-corrected chi connectivity index (χ0v) is 12.8. The Morgan fingerprint density at radius 3 is 2.74 bits per heavy atom. The fraction of sp³-hybridized carbons (Fsp3) is 0.357. The maximum Gasteiger partial charge on any atom is 0.134 e. The van der Waals surface area contributed by atoms with E-state index in [4.69, 9.17) is 11.6 Å². The number of benzene rings is 1. The third-order valence-electron chi connectivity index (χ3n) is 2.98. The van der Waals surface area contributed by atoms with Gasteiger partial charge in [0.05, 0.1) is 16.4 Å². The van der Waals surface area contributed by atoms with Crippen LogP contribution in [0.15, 0.2) is 30.5 Å². The number of aromatic hydroxyl groups is 1. The van der Waals surface area contributed by atoms with Gasteiger partial charge in [-0.1, -0.05) is 25.4 Å². The Morgan fingerprint density at radius 2 is 2.11 bits per heavy atom. The number of rotatable bonds is 4. The molecule has 19 heavy (non-hydrogen) atoms. The van der Waals surface area contributed by atoms with Crippen LogP contribution in [-0.4, -0.2) is 26.9 Å². The summed E-state index contributed by atoms with van der Waals surface area (Å²) in [6, 6.07) is 7.10. The van der Waals surface area contributed by atoms with Crippen molar-refractivity contribution in [2.24, 2.45) is 0 Å². The summed E-state index contributed by atoms with van der Waals surface area (Å²) in [6.07, 6.45) is 4.01. The Morgan fingerprint density at radius 1 is 1.37 bits per heavy atom. The van der Waals surface area contributed by atoms with E-state index in [1.807, 2.05) is 24.0 Å². The van der Waals surface area contributed by atoms with E-state index >= 15 is 0 Å². The van der Waals surface area contributed by atoms with Crippen LogP contribution in [0.25, 0.3) is 5.69 Å². The lowest BCUT2D eigenvalue weighted by atomic mass is 9.92. The number of aromatic nitrogens is 2. The molecule has 0 saturated carbocycles. The molecule has 0 spiro atoms. The van der Waals surface area contributed by atoms with Crippen LogP contribution in [0.2, 0.25) is 5.02 Å². The highest BCUT2D eigenvalue weighted by atomic mass is 35.5. The Balaban J connectivity index is 2.33. The van der Waals surface area contributed by atoms with Crippen molar-refractivity contribution in [1.82, 2.24) is 9.78 Å². The number of hydrogen-bond donors (Lipinski definition) is 1. The van der Waals surface area contributed by atoms with Crippen LogP contribution in [0, 0.1) is 0 Å². The minimum atomic E-state index is 0.0331. The summed E-state index contributed by atoms with van der Waals surface area (Å²) in [5.41, 5.74) is 1.92. The summed E-state index contributed by atoms with van der Waals surface area (Å²) in [4.78, 5) is 0. The standard InChI is InChI=1S/C14H17ClN2OS/c1-14(2,9-19-3)13-6-7-17(16-13)10-4-5-12(18)11(15)8-10/h4-8,18H,9H2,1-3H3. The molecule has 0 saturated heterocycles. The van der Waals surface area contributed by atoms with E-state index in [0.29, 0.717) is 5.02 Å². The number of phenols is 1. The van der Waals surface area contributed by atoms with Crippen molar-refractivity contribution in [2.75, 3.05) is 12.0 Å². The summed E-state index contributed by atoms with van der Waals surface area (Å²) in [5.74, 6) is 1.10. The van der Waals surface area contributed by atoms with Gasteiger partial charge in [0, 0.05) is 17.4 Å². The van der Waals surface area contributed by atoms with Gasteiger partial charge in [-0.3, -0.25) is 0 Å². The van der Waals surface area contributed by atoms with Crippen molar-refractivity contribution in [3.8, 4) is 11.4 Å². The molecule has 1 heterocycles. The average molecular weight is 297 g/mol. The second-order valence-electron chi connectivity index (χ2n) is 5.10. The molecule has 3 nitrogen and oxygen atoms in total. The normalized spacial score (nSPS) is 11.8. The molecule has 0 aliphatic rings. The van der Waals surface area contributed by atoms with Crippen molar-refractivity contribution in [1.29, 1.82) is 0 Å². The molecular formula is C14H17ClN2OS. The van der Waals surface area contributed by atoms with Crippen molar-refractivity contribution < 1.29 is 5.11 Å². The van der Waals surface area contributed by atoms with E-state index in [1.165, 1.54) is 0 Å². The fourth-order valence-electron chi connectivity index (χ4n) is 1.90. The molecule has 0 fully saturated rings. The molecule has 5 heteroatoms. The van der Waals surface area contributed by atoms with Gasteiger partial charge in [-0.2, -0.15) is 16.9 Å². The highest BCUT2D eigenvalue weighted by molar-refractivity contribution is 7.98. The summed E-state index contributed by atoms with van der Waals surface area (Å²) >= 11 is 7.73. The lowest BCUT2D eigenvalue weighted by molar-refractivity contribution is 0.475. The quantitative estimate of drug-likeness (QED) is 0.930. The highest BCUT2D eigenvalue weighted by Gasteiger charge is 2.23. The van der Waals surface area contributed by atoms with Gasteiger partial charge in [0.15, 0.2) is 0 Å². The van der Waals surface area contributed by atoms with E-state index in [1.54, 1.807) is 22.9 Å². The van der Waals surface area contributed by atoms with E-state index in [-0.39, 0.29) is 11.2 Å². The van der Waals surface area contributed by atoms with Crippen molar-refractivity contribution >= 4 is 23.4 Å². The smallest absolute Gasteiger partial charge is 0.134 e. The lowest BCUT2D eigenvalue weighted by Crippen LogP contribution is -2.21. The van der Waals surface area contributed by atoms with Crippen LogP contribution >= 0.6 is 23.4 Å². The van der Waals surface area contributed by atoms with E-state index in [2.05, 4.69) is 25.2 Å². The lowest BCUT2D eigenvalue weighted by Gasteiger charge is -2.20. The van der Waals surface area contributed by atoms with Crippen LogP contribution < -0.4 is 0 Å². The topological polar surface area (TPSA) is 38.0 Å². The molecule has 0 bridgehead atoms. The summed E-state index contributed by atoms with van der Waals surface area (Å²) < 4.78 is 1.78. The third kappa shape index (κ3) is 3.07. The molecule has 2 aromatic rings. The average Bonchev–Trinajstić information content (AvgIpc) is 2.83. The second kappa shape index (κ2) is 5.47. The molecule has 2 rings (SSSR count). The van der Waals surface area contributed by atoms with Crippen LogP contribution in [0.5, 0.6) is 5.75 Å². The molecule has 1 aromatic carbocycles. The summed E-state index contributed by atoms with van der Waals surface area (Å²) in [5, 5.41) is 14.4. The molecule has 0 amide bonds. The van der Waals surface area contributed by atoms with Gasteiger partial charge in [-0.05, 0) is 30.5 Å². The number of nitrogens with zero attached hydrogens (tertiary/aromatic N) is 2. The van der Waals surface area contributed by atoms with E-state index in [0.717, 1.165) is 17.1 Å². The van der Waals surface area contributed by atoms with Gasteiger partial charge in [0.25, 0.3) is 0 Å². The largest absolute Gasteiger partial charge is 0.506 e. The highest BCUT2D eigenvalue weighted by Crippen LogP contribution is 2.28.